The molecule has 1 aromatic heterocycles. The third-order valence-corrected chi connectivity index (χ3v) is 3.77. The van der Waals surface area contributed by atoms with Crippen LogP contribution in [0.2, 0.25) is 0 Å². The summed E-state index contributed by atoms with van der Waals surface area (Å²) in [5.74, 6) is 1.20. The van der Waals surface area contributed by atoms with Gasteiger partial charge in [-0.3, -0.25) is 9.78 Å². The number of carbonyl (C=O) groups is 1. The topological polar surface area (TPSA) is 33.2 Å². The number of rotatable bonds is 3. The van der Waals surface area contributed by atoms with Gasteiger partial charge in [0, 0.05) is 30.5 Å². The van der Waals surface area contributed by atoms with Crippen LogP contribution in [0.4, 0.5) is 0 Å². The molecule has 0 bridgehead atoms. The molecule has 2 heterocycles. The highest BCUT2D eigenvalue weighted by Crippen LogP contribution is 2.21. The SMILES string of the molecule is CCC1CCN(C(=O)c2ccnc(C(C)C)c2)C1. The number of carbonyl (C=O) groups excluding carboxylic acids is 1. The molecule has 0 saturated carbocycles. The van der Waals surface area contributed by atoms with Crippen LogP contribution < -0.4 is 0 Å². The van der Waals surface area contributed by atoms with Crippen molar-refractivity contribution >= 4 is 5.91 Å². The van der Waals surface area contributed by atoms with E-state index in [2.05, 4.69) is 25.8 Å². The van der Waals surface area contributed by atoms with E-state index in [1.54, 1.807) is 6.20 Å². The zero-order chi connectivity index (χ0) is 13.1. The van der Waals surface area contributed by atoms with E-state index in [4.69, 9.17) is 0 Å². The molecule has 0 spiro atoms. The first-order valence-electron chi connectivity index (χ1n) is 6.87. The Balaban J connectivity index is 2.12. The van der Waals surface area contributed by atoms with Gasteiger partial charge in [-0.25, -0.2) is 0 Å². The average Bonchev–Trinajstić information content (AvgIpc) is 2.86. The molecule has 1 amide bonds. The summed E-state index contributed by atoms with van der Waals surface area (Å²) in [4.78, 5) is 18.7. The summed E-state index contributed by atoms with van der Waals surface area (Å²) in [5, 5.41) is 0. The molecule has 98 valence electrons. The van der Waals surface area contributed by atoms with Crippen molar-refractivity contribution in [2.24, 2.45) is 5.92 Å². The first kappa shape index (κ1) is 13.1. The van der Waals surface area contributed by atoms with Crippen LogP contribution in [-0.4, -0.2) is 28.9 Å². The minimum absolute atomic E-state index is 0.162. The summed E-state index contributed by atoms with van der Waals surface area (Å²) in [5.41, 5.74) is 1.78. The number of likely N-dealkylation sites (tertiary alicyclic amines) is 1. The Morgan fingerprint density at radius 2 is 2.33 bits per heavy atom. The Kier molecular flexibility index (Phi) is 4.00. The van der Waals surface area contributed by atoms with Gasteiger partial charge in [-0.1, -0.05) is 27.2 Å². The summed E-state index contributed by atoms with van der Waals surface area (Å²) in [6, 6.07) is 3.76. The smallest absolute Gasteiger partial charge is 0.253 e. The zero-order valence-electron chi connectivity index (χ0n) is 11.5. The van der Waals surface area contributed by atoms with Crippen molar-refractivity contribution in [1.29, 1.82) is 0 Å². The molecule has 1 fully saturated rings. The molecular weight excluding hydrogens is 224 g/mol. The molecule has 1 saturated heterocycles. The second-order valence-corrected chi connectivity index (χ2v) is 5.44. The number of nitrogens with zero attached hydrogens (tertiary/aromatic N) is 2. The molecule has 1 atom stereocenters. The van der Waals surface area contributed by atoms with Crippen LogP contribution >= 0.6 is 0 Å². The van der Waals surface area contributed by atoms with Crippen molar-refractivity contribution < 1.29 is 4.79 Å². The van der Waals surface area contributed by atoms with Gasteiger partial charge < -0.3 is 4.90 Å². The maximum atomic E-state index is 12.4. The molecule has 0 aliphatic carbocycles. The van der Waals surface area contributed by atoms with Crippen LogP contribution in [0, 0.1) is 5.92 Å². The van der Waals surface area contributed by atoms with Gasteiger partial charge in [0.15, 0.2) is 0 Å². The second kappa shape index (κ2) is 5.51. The van der Waals surface area contributed by atoms with Crippen molar-refractivity contribution in [1.82, 2.24) is 9.88 Å². The molecule has 1 aliphatic rings. The van der Waals surface area contributed by atoms with Crippen LogP contribution in [-0.2, 0) is 0 Å². The summed E-state index contributed by atoms with van der Waals surface area (Å²) in [6.07, 6.45) is 4.05. The van der Waals surface area contributed by atoms with Gasteiger partial charge >= 0.3 is 0 Å². The first-order chi connectivity index (χ1) is 8.61. The number of amides is 1. The summed E-state index contributed by atoms with van der Waals surface area (Å²) in [6.45, 7) is 8.20. The lowest BCUT2D eigenvalue weighted by Crippen LogP contribution is -2.28. The molecule has 3 nitrogen and oxygen atoms in total. The standard InChI is InChI=1S/C15H22N2O/c1-4-12-6-8-17(10-12)15(18)13-5-7-16-14(9-13)11(2)3/h5,7,9,11-12H,4,6,8,10H2,1-3H3. The lowest BCUT2D eigenvalue weighted by atomic mass is 10.1. The second-order valence-electron chi connectivity index (χ2n) is 5.44. The Bertz CT molecular complexity index is 428. The highest BCUT2D eigenvalue weighted by molar-refractivity contribution is 5.94. The van der Waals surface area contributed by atoms with Crippen molar-refractivity contribution in [2.75, 3.05) is 13.1 Å². The lowest BCUT2D eigenvalue weighted by Gasteiger charge is -2.17. The van der Waals surface area contributed by atoms with Gasteiger partial charge in [0.1, 0.15) is 0 Å². The van der Waals surface area contributed by atoms with E-state index >= 15 is 0 Å². The molecule has 0 N–H and O–H groups in total. The van der Waals surface area contributed by atoms with E-state index in [0.717, 1.165) is 37.2 Å². The Hall–Kier alpha value is -1.38. The van der Waals surface area contributed by atoms with E-state index in [0.29, 0.717) is 11.8 Å². The van der Waals surface area contributed by atoms with E-state index in [1.807, 2.05) is 17.0 Å². The Morgan fingerprint density at radius 3 is 2.94 bits per heavy atom. The number of hydrogen-bond acceptors (Lipinski definition) is 2. The molecule has 2 rings (SSSR count). The van der Waals surface area contributed by atoms with Gasteiger partial charge in [0.05, 0.1) is 0 Å². The van der Waals surface area contributed by atoms with Gasteiger partial charge in [-0.2, -0.15) is 0 Å². The maximum absolute atomic E-state index is 12.4. The zero-order valence-corrected chi connectivity index (χ0v) is 11.5. The fourth-order valence-electron chi connectivity index (χ4n) is 2.43. The molecule has 18 heavy (non-hydrogen) atoms. The van der Waals surface area contributed by atoms with Crippen LogP contribution in [0.15, 0.2) is 18.3 Å². The summed E-state index contributed by atoms with van der Waals surface area (Å²) < 4.78 is 0. The Morgan fingerprint density at radius 1 is 1.56 bits per heavy atom. The molecule has 1 aliphatic heterocycles. The lowest BCUT2D eigenvalue weighted by molar-refractivity contribution is 0.0786. The van der Waals surface area contributed by atoms with Gasteiger partial charge in [-0.15, -0.1) is 0 Å². The largest absolute Gasteiger partial charge is 0.338 e. The predicted molar refractivity (Wildman–Crippen MR) is 72.6 cm³/mol. The minimum Gasteiger partial charge on any atom is -0.338 e. The minimum atomic E-state index is 0.162. The summed E-state index contributed by atoms with van der Waals surface area (Å²) >= 11 is 0. The van der Waals surface area contributed by atoms with Crippen LogP contribution in [0.5, 0.6) is 0 Å². The molecule has 1 aromatic rings. The quantitative estimate of drug-likeness (QED) is 0.821. The number of pyridine rings is 1. The van der Waals surface area contributed by atoms with Gasteiger partial charge in [-0.05, 0) is 30.4 Å². The normalized spacial score (nSPS) is 19.6. The molecular formula is C15H22N2O. The first-order valence-corrected chi connectivity index (χ1v) is 6.87. The van der Waals surface area contributed by atoms with Gasteiger partial charge in [0.2, 0.25) is 0 Å². The van der Waals surface area contributed by atoms with Crippen LogP contribution in [0.3, 0.4) is 0 Å². The van der Waals surface area contributed by atoms with Crippen molar-refractivity contribution in [3.63, 3.8) is 0 Å². The van der Waals surface area contributed by atoms with Crippen LogP contribution in [0.1, 0.15) is 55.6 Å². The summed E-state index contributed by atoms with van der Waals surface area (Å²) in [7, 11) is 0. The number of hydrogen-bond donors (Lipinski definition) is 0. The number of aromatic nitrogens is 1. The average molecular weight is 246 g/mol. The van der Waals surface area contributed by atoms with Crippen molar-refractivity contribution in [3.8, 4) is 0 Å². The highest BCUT2D eigenvalue weighted by atomic mass is 16.2. The predicted octanol–water partition coefficient (Wildman–Crippen LogP) is 3.08. The van der Waals surface area contributed by atoms with E-state index in [-0.39, 0.29) is 5.91 Å². The molecule has 1 unspecified atom stereocenters. The highest BCUT2D eigenvalue weighted by Gasteiger charge is 2.25. The maximum Gasteiger partial charge on any atom is 0.253 e. The fraction of sp³-hybridized carbons (Fsp3) is 0.600. The van der Waals surface area contributed by atoms with E-state index in [1.165, 1.54) is 0 Å². The fourth-order valence-corrected chi connectivity index (χ4v) is 2.43. The van der Waals surface area contributed by atoms with Crippen LogP contribution in [0.25, 0.3) is 0 Å². The molecule has 0 radical (unpaired) electrons. The van der Waals surface area contributed by atoms with Crippen molar-refractivity contribution in [3.05, 3.63) is 29.6 Å². The third-order valence-electron chi connectivity index (χ3n) is 3.77. The monoisotopic (exact) mass is 246 g/mol. The van der Waals surface area contributed by atoms with E-state index in [9.17, 15) is 4.79 Å². The molecule has 3 heteroatoms. The molecule has 0 aromatic carbocycles. The third kappa shape index (κ3) is 2.71. The van der Waals surface area contributed by atoms with Gasteiger partial charge in [0.25, 0.3) is 5.91 Å². The van der Waals surface area contributed by atoms with E-state index < -0.39 is 0 Å². The van der Waals surface area contributed by atoms with Crippen molar-refractivity contribution in [2.45, 2.75) is 39.5 Å². The Labute approximate surface area is 109 Å².